The molecule has 11 aromatic rings. The van der Waals surface area contributed by atoms with Gasteiger partial charge in [0.25, 0.3) is 0 Å². The number of rotatable bonds is 5. The molecule has 77 heavy (non-hydrogen) atoms. The summed E-state index contributed by atoms with van der Waals surface area (Å²) in [6.45, 7) is 21.8. The van der Waals surface area contributed by atoms with Gasteiger partial charge in [-0.15, -0.1) is 0 Å². The van der Waals surface area contributed by atoms with Crippen molar-refractivity contribution in [3.63, 3.8) is 0 Å². The lowest BCUT2D eigenvalue weighted by atomic mass is 9.40. The molecule has 0 saturated heterocycles. The first kappa shape index (κ1) is 46.2. The van der Waals surface area contributed by atoms with Crippen molar-refractivity contribution in [3.8, 4) is 33.4 Å². The molecule has 0 bridgehead atoms. The Morgan fingerprint density at radius 3 is 1.70 bits per heavy atom. The maximum atomic E-state index is 2.90. The van der Waals surface area contributed by atoms with E-state index in [1.807, 2.05) is 0 Å². The van der Waals surface area contributed by atoms with Crippen molar-refractivity contribution >= 4 is 56.5 Å². The molecule has 10 aromatic carbocycles. The molecular formula is C74H63BN2. The van der Waals surface area contributed by atoms with Crippen molar-refractivity contribution in [3.05, 3.63) is 268 Å². The topological polar surface area (TPSA) is 8.17 Å². The highest BCUT2D eigenvalue weighted by Gasteiger charge is 2.52. The molecule has 0 spiro atoms. The monoisotopic (exact) mass is 991 g/mol. The molecular weight excluding hydrogens is 928 g/mol. The van der Waals surface area contributed by atoms with E-state index >= 15 is 0 Å². The molecule has 3 heterocycles. The lowest BCUT2D eigenvalue weighted by Crippen LogP contribution is -2.59. The maximum Gasteiger partial charge on any atom is 0.329 e. The van der Waals surface area contributed by atoms with Gasteiger partial charge in [-0.25, -0.2) is 0 Å². The molecule has 1 atom stereocenters. The highest BCUT2D eigenvalue weighted by atomic mass is 15.1. The molecule has 0 saturated carbocycles. The van der Waals surface area contributed by atoms with Crippen molar-refractivity contribution in [1.82, 2.24) is 4.48 Å². The molecule has 0 N–H and O–H groups in total. The Balaban J connectivity index is 1.15. The largest absolute Gasteiger partial charge is 0.378 e. The van der Waals surface area contributed by atoms with E-state index < -0.39 is 0 Å². The van der Waals surface area contributed by atoms with Crippen molar-refractivity contribution in [2.24, 2.45) is 0 Å². The number of hydrogen-bond donors (Lipinski definition) is 0. The van der Waals surface area contributed by atoms with Crippen LogP contribution in [0.1, 0.15) is 124 Å². The molecule has 2 nitrogen and oxygen atoms in total. The number of hydrogen-bond acceptors (Lipinski definition) is 1. The van der Waals surface area contributed by atoms with E-state index in [9.17, 15) is 0 Å². The number of fused-ring (bicyclic) bond motifs is 13. The summed E-state index contributed by atoms with van der Waals surface area (Å²) in [6.07, 6.45) is 0. The van der Waals surface area contributed by atoms with Gasteiger partial charge in [-0.05, 0) is 130 Å². The van der Waals surface area contributed by atoms with Gasteiger partial charge in [0, 0.05) is 61.3 Å². The summed E-state index contributed by atoms with van der Waals surface area (Å²) in [7, 11) is 0. The first-order valence-corrected chi connectivity index (χ1v) is 27.9. The van der Waals surface area contributed by atoms with Crippen LogP contribution < -0.4 is 15.8 Å². The molecule has 3 heteroatoms. The predicted molar refractivity (Wildman–Crippen MR) is 326 cm³/mol. The Hall–Kier alpha value is -8.14. The molecule has 0 fully saturated rings. The zero-order valence-electron chi connectivity index (χ0n) is 45.8. The summed E-state index contributed by atoms with van der Waals surface area (Å²) >= 11 is 0. The molecule has 4 aliphatic rings. The molecule has 2 aliphatic carbocycles. The smallest absolute Gasteiger partial charge is 0.329 e. The van der Waals surface area contributed by atoms with Crippen LogP contribution in [0, 0.1) is 0 Å². The van der Waals surface area contributed by atoms with Crippen LogP contribution in [0.25, 0.3) is 55.1 Å². The minimum atomic E-state index is -0.326. The van der Waals surface area contributed by atoms with Crippen molar-refractivity contribution in [2.45, 2.75) is 89.9 Å². The fourth-order valence-corrected chi connectivity index (χ4v) is 15.2. The normalized spacial score (nSPS) is 16.5. The molecule has 15 rings (SSSR count). The molecule has 2 aliphatic heterocycles. The van der Waals surface area contributed by atoms with Gasteiger partial charge in [0.15, 0.2) is 0 Å². The van der Waals surface area contributed by atoms with E-state index in [1.54, 1.807) is 0 Å². The molecule has 0 radical (unpaired) electrons. The van der Waals surface area contributed by atoms with Crippen LogP contribution in [0.4, 0.5) is 17.1 Å². The highest BCUT2D eigenvalue weighted by Crippen LogP contribution is 2.60. The van der Waals surface area contributed by atoms with E-state index in [0.717, 1.165) is 11.4 Å². The third-order valence-electron chi connectivity index (χ3n) is 18.9. The van der Waals surface area contributed by atoms with Gasteiger partial charge < -0.3 is 9.38 Å². The average molecular weight is 991 g/mol. The third kappa shape index (κ3) is 6.26. The Labute approximate surface area is 454 Å². The number of aromatic nitrogens is 1. The highest BCUT2D eigenvalue weighted by molar-refractivity contribution is 6.88. The number of benzene rings is 10. The Bertz CT molecular complexity index is 4240. The van der Waals surface area contributed by atoms with E-state index in [-0.39, 0.29) is 34.4 Å². The molecule has 0 amide bonds. The molecule has 1 unspecified atom stereocenters. The fourth-order valence-electron chi connectivity index (χ4n) is 15.2. The molecule has 372 valence electrons. The standard InChI is InChI=1S/C74H63BN2/c1-71(2,3)47-37-38-51(54(42-47)45-25-13-10-14-26-45)64-55-43-60-61(73(6,7)59-36-24-23-35-58(59)72(60,4)5)44-62(55)75-68-56(64)41-46-27-19-20-32-50(46)65(68)53-39-40-63(76(48-28-15-11-16-29-48)49-30-17-12-18-31-49)67-66-52-33-21-22-34-57(52)74(8,9)70(66)77(75)69(53)67/h10-44,64H,1-9H3. The zero-order chi connectivity index (χ0) is 52.5. The first-order valence-electron chi connectivity index (χ1n) is 27.9. The second kappa shape index (κ2) is 16.0. The van der Waals surface area contributed by atoms with E-state index in [4.69, 9.17) is 0 Å². The van der Waals surface area contributed by atoms with Crippen LogP contribution in [-0.4, -0.2) is 11.3 Å². The Morgan fingerprint density at radius 2 is 1.04 bits per heavy atom. The summed E-state index contributed by atoms with van der Waals surface area (Å²) in [5.41, 5.74) is 28.7. The summed E-state index contributed by atoms with van der Waals surface area (Å²) in [6, 6.07) is 81.6. The van der Waals surface area contributed by atoms with Crippen LogP contribution in [0.5, 0.6) is 0 Å². The lowest BCUT2D eigenvalue weighted by Gasteiger charge is -2.47. The molecule has 1 aromatic heterocycles. The van der Waals surface area contributed by atoms with Gasteiger partial charge in [-0.3, -0.25) is 0 Å². The minimum absolute atomic E-state index is 0.0362. The van der Waals surface area contributed by atoms with Crippen LogP contribution in [0.2, 0.25) is 0 Å². The number of para-hydroxylation sites is 2. The van der Waals surface area contributed by atoms with Gasteiger partial charge in [0.1, 0.15) is 0 Å². The average Bonchev–Trinajstić information content (AvgIpc) is 3.80. The van der Waals surface area contributed by atoms with E-state index in [1.165, 1.54) is 127 Å². The van der Waals surface area contributed by atoms with Crippen molar-refractivity contribution in [1.29, 1.82) is 0 Å². The van der Waals surface area contributed by atoms with Crippen LogP contribution >= 0.6 is 0 Å². The van der Waals surface area contributed by atoms with Gasteiger partial charge >= 0.3 is 6.85 Å². The van der Waals surface area contributed by atoms with Crippen molar-refractivity contribution in [2.75, 3.05) is 4.90 Å². The fraction of sp³-hybridized carbons (Fsp3) is 0.189. The zero-order valence-corrected chi connectivity index (χ0v) is 45.8. The van der Waals surface area contributed by atoms with E-state index in [0.29, 0.717) is 0 Å². The predicted octanol–water partition coefficient (Wildman–Crippen LogP) is 17.6. The van der Waals surface area contributed by atoms with Gasteiger partial charge in [-0.1, -0.05) is 244 Å². The lowest BCUT2D eigenvalue weighted by molar-refractivity contribution is 0.520. The van der Waals surface area contributed by atoms with E-state index in [2.05, 4.69) is 284 Å². The van der Waals surface area contributed by atoms with Gasteiger partial charge in [0.05, 0.1) is 5.69 Å². The second-order valence-corrected chi connectivity index (χ2v) is 25.2. The van der Waals surface area contributed by atoms with Crippen molar-refractivity contribution < 1.29 is 0 Å². The van der Waals surface area contributed by atoms with Crippen LogP contribution in [-0.2, 0) is 21.7 Å². The summed E-state index contributed by atoms with van der Waals surface area (Å²) in [5, 5.41) is 3.90. The summed E-state index contributed by atoms with van der Waals surface area (Å²) < 4.78 is 2.90. The van der Waals surface area contributed by atoms with Gasteiger partial charge in [-0.2, -0.15) is 0 Å². The minimum Gasteiger partial charge on any atom is -0.378 e. The van der Waals surface area contributed by atoms with Gasteiger partial charge in [0.2, 0.25) is 0 Å². The third-order valence-corrected chi connectivity index (χ3v) is 18.9. The van der Waals surface area contributed by atoms with Crippen LogP contribution in [0.3, 0.4) is 0 Å². The maximum absolute atomic E-state index is 2.90. The number of nitrogens with zero attached hydrogens (tertiary/aromatic N) is 2. The Morgan fingerprint density at radius 1 is 0.455 bits per heavy atom. The van der Waals surface area contributed by atoms with Crippen LogP contribution in [0.15, 0.2) is 212 Å². The second-order valence-electron chi connectivity index (χ2n) is 25.2. The summed E-state index contributed by atoms with van der Waals surface area (Å²) in [4.78, 5) is 2.51. The summed E-state index contributed by atoms with van der Waals surface area (Å²) in [5.74, 6) is -0.0676. The quantitative estimate of drug-likeness (QED) is 0.156. The SMILES string of the molecule is CC(C)(C)c1ccc(C2c3cc4c(cc3B3c5c2cc2ccccc2c5-c2ccc(N(c5ccccc5)c5ccccc5)c5c6c(n3c25)C(C)(C)c2ccccc2-6)C(C)(C)c2ccccc2C4(C)C)c(-c2ccccc2)c1. The Kier molecular flexibility index (Phi) is 9.58. The first-order chi connectivity index (χ1) is 37.2. The number of anilines is 3.